The molecule has 0 radical (unpaired) electrons. The first kappa shape index (κ1) is 8.04. The number of hydrogen-bond donors (Lipinski definition) is 1. The van der Waals surface area contributed by atoms with Crippen molar-refractivity contribution in [2.75, 3.05) is 11.9 Å². The molecule has 1 aromatic carbocycles. The summed E-state index contributed by atoms with van der Waals surface area (Å²) >= 11 is 0. The van der Waals surface area contributed by atoms with E-state index in [1.807, 2.05) is 0 Å². The number of nitrogens with one attached hydrogen (secondary N) is 1. The summed E-state index contributed by atoms with van der Waals surface area (Å²) in [6, 6.07) is 3.05. The molecule has 68 valence electrons. The van der Waals surface area contributed by atoms with Gasteiger partial charge in [0.05, 0.1) is 0 Å². The average Bonchev–Trinajstić information content (AvgIpc) is 2.06. The summed E-state index contributed by atoms with van der Waals surface area (Å²) in [6.07, 6.45) is 0. The molecule has 13 heavy (non-hydrogen) atoms. The number of aryl methyl sites for hydroxylation is 1. The van der Waals surface area contributed by atoms with Crippen LogP contribution in [0, 0.1) is 12.7 Å². The number of halogens is 1. The zero-order valence-electron chi connectivity index (χ0n) is 7.06. The molecule has 0 fully saturated rings. The quantitative estimate of drug-likeness (QED) is 0.658. The maximum atomic E-state index is 13.2. The first-order valence-corrected chi connectivity index (χ1v) is 3.89. The second-order valence-corrected chi connectivity index (χ2v) is 2.96. The summed E-state index contributed by atoms with van der Waals surface area (Å²) < 4.78 is 18.3. The van der Waals surface area contributed by atoms with Gasteiger partial charge >= 0.3 is 0 Å². The Morgan fingerprint density at radius 3 is 3.08 bits per heavy atom. The lowest BCUT2D eigenvalue weighted by Gasteiger charge is -2.18. The van der Waals surface area contributed by atoms with Crippen molar-refractivity contribution < 1.29 is 13.9 Å². The molecule has 0 saturated carbocycles. The summed E-state index contributed by atoms with van der Waals surface area (Å²) in [4.78, 5) is 10.9. The Labute approximate surface area is 74.5 Å². The van der Waals surface area contributed by atoms with Crippen molar-refractivity contribution in [2.24, 2.45) is 0 Å². The molecule has 3 nitrogen and oxygen atoms in total. The van der Waals surface area contributed by atoms with Gasteiger partial charge in [-0.15, -0.1) is 0 Å². The van der Waals surface area contributed by atoms with E-state index in [1.54, 1.807) is 13.0 Å². The van der Waals surface area contributed by atoms with Gasteiger partial charge in [-0.25, -0.2) is 4.39 Å². The molecule has 1 aliphatic heterocycles. The van der Waals surface area contributed by atoms with Gasteiger partial charge < -0.3 is 10.1 Å². The lowest BCUT2D eigenvalue weighted by Crippen LogP contribution is -2.26. The number of ether oxygens (including phenoxy) is 1. The molecule has 0 aromatic heterocycles. The Hall–Kier alpha value is -1.58. The van der Waals surface area contributed by atoms with Crippen LogP contribution in [0.1, 0.15) is 5.56 Å². The van der Waals surface area contributed by atoms with E-state index in [9.17, 15) is 9.18 Å². The van der Waals surface area contributed by atoms with Gasteiger partial charge in [-0.1, -0.05) is 0 Å². The molecular weight excluding hydrogens is 173 g/mol. The summed E-state index contributed by atoms with van der Waals surface area (Å²) in [5.74, 6) is -0.379. The zero-order chi connectivity index (χ0) is 9.42. The second kappa shape index (κ2) is 2.73. The highest BCUT2D eigenvalue weighted by Gasteiger charge is 2.19. The van der Waals surface area contributed by atoms with Crippen LogP contribution in [-0.4, -0.2) is 12.5 Å². The van der Waals surface area contributed by atoms with E-state index in [0.717, 1.165) is 5.56 Å². The lowest BCUT2D eigenvalue weighted by molar-refractivity contribution is -0.118. The van der Waals surface area contributed by atoms with E-state index in [-0.39, 0.29) is 18.2 Å². The van der Waals surface area contributed by atoms with E-state index in [2.05, 4.69) is 5.32 Å². The Bertz CT molecular complexity index is 376. The second-order valence-electron chi connectivity index (χ2n) is 2.96. The van der Waals surface area contributed by atoms with Gasteiger partial charge in [0.2, 0.25) is 0 Å². The zero-order valence-corrected chi connectivity index (χ0v) is 7.06. The number of amides is 1. The van der Waals surface area contributed by atoms with E-state index < -0.39 is 5.82 Å². The van der Waals surface area contributed by atoms with Gasteiger partial charge in [-0.3, -0.25) is 4.79 Å². The van der Waals surface area contributed by atoms with Crippen molar-refractivity contribution in [3.05, 3.63) is 23.5 Å². The normalized spacial score (nSPS) is 14.5. The minimum Gasteiger partial charge on any atom is -0.481 e. The van der Waals surface area contributed by atoms with Crippen molar-refractivity contribution in [3.8, 4) is 5.75 Å². The molecule has 0 bridgehead atoms. The fourth-order valence-electron chi connectivity index (χ4n) is 1.26. The SMILES string of the molecule is Cc1cc(F)c2c(c1)OCC(=O)N2. The molecule has 0 aliphatic carbocycles. The molecule has 0 spiro atoms. The van der Waals surface area contributed by atoms with Gasteiger partial charge in [0.1, 0.15) is 11.4 Å². The number of anilines is 1. The molecule has 1 N–H and O–H groups in total. The minimum absolute atomic E-state index is 0.0457. The summed E-state index contributed by atoms with van der Waals surface area (Å²) in [7, 11) is 0. The van der Waals surface area contributed by atoms with Crippen LogP contribution < -0.4 is 10.1 Å². The van der Waals surface area contributed by atoms with Gasteiger partial charge in [0.25, 0.3) is 5.91 Å². The molecule has 0 saturated heterocycles. The molecule has 4 heteroatoms. The van der Waals surface area contributed by atoms with Crippen molar-refractivity contribution >= 4 is 11.6 Å². The summed E-state index contributed by atoms with van der Waals surface area (Å²) in [5, 5.41) is 2.42. The average molecular weight is 181 g/mol. The fourth-order valence-corrected chi connectivity index (χ4v) is 1.26. The number of carbonyl (C=O) groups excluding carboxylic acids is 1. The maximum Gasteiger partial charge on any atom is 0.262 e. The third-order valence-electron chi connectivity index (χ3n) is 1.82. The molecule has 2 rings (SSSR count). The summed E-state index contributed by atoms with van der Waals surface area (Å²) in [5.41, 5.74) is 0.911. The number of benzene rings is 1. The number of carbonyl (C=O) groups is 1. The number of rotatable bonds is 0. The van der Waals surface area contributed by atoms with Crippen molar-refractivity contribution in [1.29, 1.82) is 0 Å². The number of fused-ring (bicyclic) bond motifs is 1. The topological polar surface area (TPSA) is 38.3 Å². The molecular formula is C9H8FNO2. The first-order valence-electron chi connectivity index (χ1n) is 3.89. The van der Waals surface area contributed by atoms with Gasteiger partial charge in [0, 0.05) is 0 Å². The highest BCUT2D eigenvalue weighted by atomic mass is 19.1. The summed E-state index contributed by atoms with van der Waals surface area (Å²) in [6.45, 7) is 1.72. The van der Waals surface area contributed by atoms with Crippen LogP contribution in [0.25, 0.3) is 0 Å². The predicted octanol–water partition coefficient (Wildman–Crippen LogP) is 1.47. The van der Waals surface area contributed by atoms with Gasteiger partial charge in [-0.2, -0.15) is 0 Å². The smallest absolute Gasteiger partial charge is 0.262 e. The minimum atomic E-state index is -0.456. The lowest BCUT2D eigenvalue weighted by atomic mass is 10.2. The van der Waals surface area contributed by atoms with Crippen molar-refractivity contribution in [1.82, 2.24) is 0 Å². The maximum absolute atomic E-state index is 13.2. The molecule has 0 atom stereocenters. The third kappa shape index (κ3) is 1.35. The number of hydrogen-bond acceptors (Lipinski definition) is 2. The van der Waals surface area contributed by atoms with Crippen LogP contribution in [0.4, 0.5) is 10.1 Å². The van der Waals surface area contributed by atoms with Gasteiger partial charge in [0.15, 0.2) is 12.4 Å². The molecule has 1 aliphatic rings. The molecule has 1 aromatic rings. The molecule has 1 amide bonds. The van der Waals surface area contributed by atoms with Crippen LogP contribution in [-0.2, 0) is 4.79 Å². The van der Waals surface area contributed by atoms with Crippen LogP contribution in [0.5, 0.6) is 5.75 Å². The van der Waals surface area contributed by atoms with E-state index in [1.165, 1.54) is 6.07 Å². The van der Waals surface area contributed by atoms with Crippen LogP contribution >= 0.6 is 0 Å². The molecule has 0 unspecified atom stereocenters. The van der Waals surface area contributed by atoms with E-state index >= 15 is 0 Å². The third-order valence-corrected chi connectivity index (χ3v) is 1.82. The Morgan fingerprint density at radius 1 is 1.54 bits per heavy atom. The van der Waals surface area contributed by atoms with Gasteiger partial charge in [-0.05, 0) is 24.6 Å². The van der Waals surface area contributed by atoms with Crippen molar-refractivity contribution in [3.63, 3.8) is 0 Å². The largest absolute Gasteiger partial charge is 0.481 e. The highest BCUT2D eigenvalue weighted by Crippen LogP contribution is 2.31. The Kier molecular flexibility index (Phi) is 1.69. The van der Waals surface area contributed by atoms with E-state index in [4.69, 9.17) is 4.74 Å². The van der Waals surface area contributed by atoms with E-state index in [0.29, 0.717) is 5.75 Å². The van der Waals surface area contributed by atoms with Crippen LogP contribution in [0.3, 0.4) is 0 Å². The standard InChI is InChI=1S/C9H8FNO2/c1-5-2-6(10)9-7(3-5)13-4-8(12)11-9/h2-3H,4H2,1H3,(H,11,12). The first-order chi connectivity index (χ1) is 6.16. The fraction of sp³-hybridized carbons (Fsp3) is 0.222. The van der Waals surface area contributed by atoms with Crippen LogP contribution in [0.15, 0.2) is 12.1 Å². The highest BCUT2D eigenvalue weighted by molar-refractivity contribution is 5.95. The Morgan fingerprint density at radius 2 is 2.31 bits per heavy atom. The van der Waals surface area contributed by atoms with Crippen molar-refractivity contribution in [2.45, 2.75) is 6.92 Å². The molecule has 1 heterocycles. The van der Waals surface area contributed by atoms with Crippen LogP contribution in [0.2, 0.25) is 0 Å². The Balaban J connectivity index is 2.53. The predicted molar refractivity (Wildman–Crippen MR) is 45.3 cm³/mol. The monoisotopic (exact) mass is 181 g/mol.